The van der Waals surface area contributed by atoms with Crippen molar-refractivity contribution in [1.29, 1.82) is 0 Å². The molecule has 1 aliphatic heterocycles. The molecule has 0 saturated heterocycles. The van der Waals surface area contributed by atoms with Gasteiger partial charge >= 0.3 is 0 Å². The van der Waals surface area contributed by atoms with Crippen LogP contribution >= 0.6 is 0 Å². The van der Waals surface area contributed by atoms with Gasteiger partial charge in [-0.1, -0.05) is 12.1 Å². The van der Waals surface area contributed by atoms with Crippen LogP contribution in [0.25, 0.3) is 0 Å². The first kappa shape index (κ1) is 17.5. The number of aliphatic hydroxyl groups excluding tert-OH is 1. The van der Waals surface area contributed by atoms with Crippen LogP contribution in [0.2, 0.25) is 0 Å². The largest absolute Gasteiger partial charge is 0.503 e. The van der Waals surface area contributed by atoms with E-state index in [1.807, 2.05) is 0 Å². The zero-order chi connectivity index (χ0) is 18.7. The molecule has 134 valence electrons. The van der Waals surface area contributed by atoms with E-state index in [-0.39, 0.29) is 24.5 Å². The van der Waals surface area contributed by atoms with E-state index in [4.69, 9.17) is 4.74 Å². The smallest absolute Gasteiger partial charge is 0.289 e. The summed E-state index contributed by atoms with van der Waals surface area (Å²) in [6, 6.07) is 12.7. The van der Waals surface area contributed by atoms with Gasteiger partial charge in [0.2, 0.25) is 0 Å². The number of likely N-dealkylation sites (N-methyl/N-ethyl adjacent to an activating group) is 1. The zero-order valence-electron chi connectivity index (χ0n) is 14.0. The summed E-state index contributed by atoms with van der Waals surface area (Å²) in [5.74, 6) is -0.781. The second-order valence-corrected chi connectivity index (χ2v) is 5.87. The number of aliphatic hydroxyl groups is 1. The molecule has 0 unspecified atom stereocenters. The average Bonchev–Trinajstić information content (AvgIpc) is 2.90. The number of halogens is 1. The van der Waals surface area contributed by atoms with Crippen LogP contribution in [-0.4, -0.2) is 35.4 Å². The number of amides is 2. The van der Waals surface area contributed by atoms with Gasteiger partial charge in [0.25, 0.3) is 11.8 Å². The first-order valence-corrected chi connectivity index (χ1v) is 7.92. The number of carbonyl (C=O) groups excluding carboxylic acids is 2. The summed E-state index contributed by atoms with van der Waals surface area (Å²) in [7, 11) is 1.51. The first-order valence-electron chi connectivity index (χ1n) is 7.92. The highest BCUT2D eigenvalue weighted by Crippen LogP contribution is 2.22. The van der Waals surface area contributed by atoms with Crippen molar-refractivity contribution >= 4 is 11.8 Å². The maximum absolute atomic E-state index is 12.9. The molecule has 2 aromatic rings. The SMILES string of the molecule is CN1CC(C(=O)NCc2ccc(Oc3ccc(F)cc3)cc2)=C(O)C1=O. The van der Waals surface area contributed by atoms with Crippen molar-refractivity contribution in [2.24, 2.45) is 0 Å². The molecule has 0 radical (unpaired) electrons. The third-order valence-electron chi connectivity index (χ3n) is 3.93. The first-order chi connectivity index (χ1) is 12.4. The van der Waals surface area contributed by atoms with E-state index in [1.54, 1.807) is 24.3 Å². The van der Waals surface area contributed by atoms with Crippen molar-refractivity contribution in [3.8, 4) is 11.5 Å². The van der Waals surface area contributed by atoms with Gasteiger partial charge in [-0.3, -0.25) is 9.59 Å². The molecule has 0 saturated carbocycles. The number of nitrogens with zero attached hydrogens (tertiary/aromatic N) is 1. The van der Waals surface area contributed by atoms with Gasteiger partial charge in [0.05, 0.1) is 12.1 Å². The fourth-order valence-electron chi connectivity index (χ4n) is 2.48. The number of nitrogens with one attached hydrogen (secondary N) is 1. The number of hydrogen-bond donors (Lipinski definition) is 2. The molecule has 7 heteroatoms. The number of carbonyl (C=O) groups is 2. The zero-order valence-corrected chi connectivity index (χ0v) is 14.0. The van der Waals surface area contributed by atoms with Crippen molar-refractivity contribution in [3.05, 3.63) is 71.2 Å². The standard InChI is InChI=1S/C19H17FN2O4/c1-22-11-16(17(23)19(22)25)18(24)21-10-12-2-6-14(7-3-12)26-15-8-4-13(20)5-9-15/h2-9,23H,10-11H2,1H3,(H,21,24). The fraction of sp³-hybridized carbons (Fsp3) is 0.158. The van der Waals surface area contributed by atoms with Crippen LogP contribution in [-0.2, 0) is 16.1 Å². The van der Waals surface area contributed by atoms with Crippen molar-refractivity contribution in [2.75, 3.05) is 13.6 Å². The highest BCUT2D eigenvalue weighted by Gasteiger charge is 2.31. The van der Waals surface area contributed by atoms with Gasteiger partial charge in [-0.25, -0.2) is 4.39 Å². The van der Waals surface area contributed by atoms with E-state index < -0.39 is 17.6 Å². The maximum Gasteiger partial charge on any atom is 0.289 e. The molecule has 0 spiro atoms. The summed E-state index contributed by atoms with van der Waals surface area (Å²) in [6.07, 6.45) is 0. The van der Waals surface area contributed by atoms with Gasteiger partial charge in [0.15, 0.2) is 5.76 Å². The molecule has 2 N–H and O–H groups in total. The fourth-order valence-corrected chi connectivity index (χ4v) is 2.48. The Morgan fingerprint density at radius 1 is 1.15 bits per heavy atom. The van der Waals surface area contributed by atoms with Crippen LogP contribution in [0.5, 0.6) is 11.5 Å². The molecule has 6 nitrogen and oxygen atoms in total. The monoisotopic (exact) mass is 356 g/mol. The lowest BCUT2D eigenvalue weighted by molar-refractivity contribution is -0.126. The minimum Gasteiger partial charge on any atom is -0.503 e. The lowest BCUT2D eigenvalue weighted by atomic mass is 10.2. The summed E-state index contributed by atoms with van der Waals surface area (Å²) in [5.41, 5.74) is 0.885. The van der Waals surface area contributed by atoms with Crippen molar-refractivity contribution in [1.82, 2.24) is 10.2 Å². The topological polar surface area (TPSA) is 78.9 Å². The highest BCUT2D eigenvalue weighted by molar-refractivity contribution is 6.06. The Labute approximate surface area is 149 Å². The van der Waals surface area contributed by atoms with Gasteiger partial charge < -0.3 is 20.1 Å². The molecule has 0 atom stereocenters. The second kappa shape index (κ2) is 7.26. The lowest BCUT2D eigenvalue weighted by Gasteiger charge is -2.09. The molecule has 2 aromatic carbocycles. The van der Waals surface area contributed by atoms with Crippen molar-refractivity contribution in [2.45, 2.75) is 6.54 Å². The molecule has 0 aliphatic carbocycles. The summed E-state index contributed by atoms with van der Waals surface area (Å²) in [5, 5.41) is 12.3. The molecule has 2 amide bonds. The number of ether oxygens (including phenoxy) is 1. The Morgan fingerprint density at radius 2 is 1.73 bits per heavy atom. The Morgan fingerprint density at radius 3 is 2.27 bits per heavy atom. The molecule has 0 bridgehead atoms. The summed E-state index contributed by atoms with van der Waals surface area (Å²) < 4.78 is 18.5. The maximum atomic E-state index is 12.9. The minimum atomic E-state index is -0.558. The normalized spacial score (nSPS) is 13.9. The quantitative estimate of drug-likeness (QED) is 0.863. The summed E-state index contributed by atoms with van der Waals surface area (Å²) in [4.78, 5) is 24.9. The Bertz CT molecular complexity index is 860. The van der Waals surface area contributed by atoms with Crippen LogP contribution in [0, 0.1) is 5.82 Å². The average molecular weight is 356 g/mol. The predicted octanol–water partition coefficient (Wildman–Crippen LogP) is 2.52. The third kappa shape index (κ3) is 3.83. The Balaban J connectivity index is 1.57. The Hall–Kier alpha value is -3.35. The van der Waals surface area contributed by atoms with Gasteiger partial charge in [-0.15, -0.1) is 0 Å². The molecule has 0 fully saturated rings. The van der Waals surface area contributed by atoms with E-state index in [9.17, 15) is 19.1 Å². The van der Waals surface area contributed by atoms with E-state index in [1.165, 1.54) is 36.2 Å². The number of hydrogen-bond acceptors (Lipinski definition) is 4. The van der Waals surface area contributed by atoms with Crippen molar-refractivity contribution in [3.63, 3.8) is 0 Å². The van der Waals surface area contributed by atoms with Gasteiger partial charge in [0, 0.05) is 13.6 Å². The predicted molar refractivity (Wildman–Crippen MR) is 92.1 cm³/mol. The number of benzene rings is 2. The molecular weight excluding hydrogens is 339 g/mol. The Kier molecular flexibility index (Phi) is 4.88. The summed E-state index contributed by atoms with van der Waals surface area (Å²) >= 11 is 0. The third-order valence-corrected chi connectivity index (χ3v) is 3.93. The van der Waals surface area contributed by atoms with Crippen LogP contribution in [0.3, 0.4) is 0 Å². The number of rotatable bonds is 5. The van der Waals surface area contributed by atoms with Gasteiger partial charge in [-0.2, -0.15) is 0 Å². The van der Waals surface area contributed by atoms with Gasteiger partial charge in [-0.05, 0) is 42.0 Å². The second-order valence-electron chi connectivity index (χ2n) is 5.87. The van der Waals surface area contributed by atoms with Crippen LogP contribution in [0.15, 0.2) is 59.9 Å². The highest BCUT2D eigenvalue weighted by atomic mass is 19.1. The van der Waals surface area contributed by atoms with E-state index >= 15 is 0 Å². The van der Waals surface area contributed by atoms with Crippen LogP contribution in [0.1, 0.15) is 5.56 Å². The lowest BCUT2D eigenvalue weighted by Crippen LogP contribution is -2.27. The molecular formula is C19H17FN2O4. The molecule has 3 rings (SSSR count). The van der Waals surface area contributed by atoms with Crippen LogP contribution < -0.4 is 10.1 Å². The van der Waals surface area contributed by atoms with E-state index in [2.05, 4.69) is 5.32 Å². The van der Waals surface area contributed by atoms with Gasteiger partial charge in [0.1, 0.15) is 17.3 Å². The van der Waals surface area contributed by atoms with E-state index in [0.29, 0.717) is 11.5 Å². The van der Waals surface area contributed by atoms with Crippen LogP contribution in [0.4, 0.5) is 4.39 Å². The molecule has 0 aromatic heterocycles. The summed E-state index contributed by atoms with van der Waals surface area (Å²) in [6.45, 7) is 0.325. The molecule has 1 aliphatic rings. The molecule has 1 heterocycles. The minimum absolute atomic E-state index is 0.0637. The van der Waals surface area contributed by atoms with E-state index in [0.717, 1.165) is 5.56 Å². The molecule has 26 heavy (non-hydrogen) atoms. The van der Waals surface area contributed by atoms with Crippen molar-refractivity contribution < 1.29 is 23.8 Å².